The molecular weight excluding hydrogens is 328 g/mol. The van der Waals surface area contributed by atoms with Crippen LogP contribution in [-0.2, 0) is 19.6 Å². The molecule has 3 rings (SSSR count). The average Bonchev–Trinajstić information content (AvgIpc) is 3.06. The van der Waals surface area contributed by atoms with E-state index in [1.807, 2.05) is 18.2 Å². The van der Waals surface area contributed by atoms with Crippen molar-refractivity contribution in [2.24, 2.45) is 0 Å². The lowest BCUT2D eigenvalue weighted by Gasteiger charge is -2.07. The Morgan fingerprint density at radius 1 is 1.00 bits per heavy atom. The number of hydrogen-bond donors (Lipinski definition) is 2. The maximum Gasteiger partial charge on any atom is 0.277 e. The van der Waals surface area contributed by atoms with Crippen molar-refractivity contribution in [1.82, 2.24) is 10.6 Å². The molecule has 0 aromatic heterocycles. The van der Waals surface area contributed by atoms with E-state index in [9.17, 15) is 25.0 Å². The van der Waals surface area contributed by atoms with E-state index in [0.717, 1.165) is 42.4 Å². The molecule has 1 aliphatic rings. The fraction of sp³-hybridized carbons (Fsp3) is 0.188. The van der Waals surface area contributed by atoms with Crippen LogP contribution in [0.1, 0.15) is 27.0 Å². The second-order valence-corrected chi connectivity index (χ2v) is 5.64. The van der Waals surface area contributed by atoms with Gasteiger partial charge in [0, 0.05) is 31.8 Å². The standard InChI is InChI=1S/C16H14N4O5/c21-16(12-4-14(19(22)23)6-15(5-12)20(24)25)18-7-10-1-2-11-8-17-9-13(11)3-10/h1-6,17H,7-9H2,(H,18,21). The van der Waals surface area contributed by atoms with Crippen molar-refractivity contribution in [3.63, 3.8) is 0 Å². The van der Waals surface area contributed by atoms with Gasteiger partial charge in [-0.15, -0.1) is 0 Å². The van der Waals surface area contributed by atoms with Crippen LogP contribution in [0.4, 0.5) is 11.4 Å². The van der Waals surface area contributed by atoms with Gasteiger partial charge in [-0.1, -0.05) is 18.2 Å². The first-order valence-corrected chi connectivity index (χ1v) is 7.47. The van der Waals surface area contributed by atoms with Crippen molar-refractivity contribution >= 4 is 17.3 Å². The van der Waals surface area contributed by atoms with Crippen LogP contribution < -0.4 is 10.6 Å². The number of nitrogens with zero attached hydrogens (tertiary/aromatic N) is 2. The van der Waals surface area contributed by atoms with Gasteiger partial charge in [0.05, 0.1) is 21.5 Å². The maximum absolute atomic E-state index is 12.2. The molecule has 1 amide bonds. The number of amides is 1. The summed E-state index contributed by atoms with van der Waals surface area (Å²) in [5.74, 6) is -0.606. The topological polar surface area (TPSA) is 127 Å². The number of hydrogen-bond acceptors (Lipinski definition) is 6. The predicted octanol–water partition coefficient (Wildman–Crippen LogP) is 2.04. The van der Waals surface area contributed by atoms with Gasteiger partial charge in [0.1, 0.15) is 0 Å². The fourth-order valence-electron chi connectivity index (χ4n) is 2.68. The molecule has 0 saturated carbocycles. The number of non-ortho nitro benzene ring substituents is 2. The molecule has 0 radical (unpaired) electrons. The zero-order chi connectivity index (χ0) is 18.0. The Bertz CT molecular complexity index is 849. The predicted molar refractivity (Wildman–Crippen MR) is 87.9 cm³/mol. The summed E-state index contributed by atoms with van der Waals surface area (Å²) >= 11 is 0. The number of nitrogens with one attached hydrogen (secondary N) is 2. The lowest BCUT2D eigenvalue weighted by molar-refractivity contribution is -0.394. The molecule has 0 bridgehead atoms. The van der Waals surface area contributed by atoms with Gasteiger partial charge in [0.25, 0.3) is 17.3 Å². The third-order valence-corrected chi connectivity index (χ3v) is 3.94. The fourth-order valence-corrected chi connectivity index (χ4v) is 2.68. The summed E-state index contributed by atoms with van der Waals surface area (Å²) in [7, 11) is 0. The molecule has 1 heterocycles. The summed E-state index contributed by atoms with van der Waals surface area (Å²) in [6.07, 6.45) is 0. The van der Waals surface area contributed by atoms with Crippen molar-refractivity contribution in [3.8, 4) is 0 Å². The minimum Gasteiger partial charge on any atom is -0.348 e. The van der Waals surface area contributed by atoms with Crippen molar-refractivity contribution in [3.05, 3.63) is 78.9 Å². The Kier molecular flexibility index (Phi) is 4.40. The van der Waals surface area contributed by atoms with Crippen LogP contribution in [0.2, 0.25) is 0 Å². The number of carbonyl (C=O) groups is 1. The molecule has 9 heteroatoms. The maximum atomic E-state index is 12.2. The quantitative estimate of drug-likeness (QED) is 0.632. The number of nitro groups is 2. The molecule has 2 aromatic rings. The van der Waals surface area contributed by atoms with Gasteiger partial charge < -0.3 is 10.6 Å². The highest BCUT2D eigenvalue weighted by Crippen LogP contribution is 2.23. The molecule has 25 heavy (non-hydrogen) atoms. The van der Waals surface area contributed by atoms with E-state index in [2.05, 4.69) is 10.6 Å². The Morgan fingerprint density at radius 2 is 1.64 bits per heavy atom. The largest absolute Gasteiger partial charge is 0.348 e. The zero-order valence-electron chi connectivity index (χ0n) is 13.0. The van der Waals surface area contributed by atoms with Crippen LogP contribution in [0.3, 0.4) is 0 Å². The van der Waals surface area contributed by atoms with Gasteiger partial charge >= 0.3 is 0 Å². The first kappa shape index (κ1) is 16.5. The van der Waals surface area contributed by atoms with E-state index >= 15 is 0 Å². The highest BCUT2D eigenvalue weighted by Gasteiger charge is 2.20. The van der Waals surface area contributed by atoms with Gasteiger partial charge in [-0.3, -0.25) is 25.0 Å². The lowest BCUT2D eigenvalue weighted by Crippen LogP contribution is -2.23. The molecule has 0 unspecified atom stereocenters. The Hall–Kier alpha value is -3.33. The van der Waals surface area contributed by atoms with Gasteiger partial charge in [-0.2, -0.15) is 0 Å². The Balaban J connectivity index is 1.76. The molecular formula is C16H14N4O5. The van der Waals surface area contributed by atoms with Gasteiger partial charge in [-0.25, -0.2) is 0 Å². The second-order valence-electron chi connectivity index (χ2n) is 5.64. The van der Waals surface area contributed by atoms with Crippen LogP contribution in [0.15, 0.2) is 36.4 Å². The highest BCUT2D eigenvalue weighted by molar-refractivity contribution is 5.95. The number of benzene rings is 2. The van der Waals surface area contributed by atoms with E-state index in [1.54, 1.807) is 0 Å². The van der Waals surface area contributed by atoms with E-state index in [-0.39, 0.29) is 12.1 Å². The Labute approximate surface area is 142 Å². The summed E-state index contributed by atoms with van der Waals surface area (Å²) in [5.41, 5.74) is 2.15. The summed E-state index contributed by atoms with van der Waals surface area (Å²) in [6.45, 7) is 1.82. The van der Waals surface area contributed by atoms with Gasteiger partial charge in [0.15, 0.2) is 0 Å². The van der Waals surface area contributed by atoms with Gasteiger partial charge in [0.2, 0.25) is 0 Å². The van der Waals surface area contributed by atoms with Gasteiger partial charge in [-0.05, 0) is 16.7 Å². The molecule has 128 valence electrons. The summed E-state index contributed by atoms with van der Waals surface area (Å²) in [5, 5.41) is 27.6. The molecule has 0 fully saturated rings. The van der Waals surface area contributed by atoms with E-state index < -0.39 is 27.1 Å². The lowest BCUT2D eigenvalue weighted by atomic mass is 10.1. The molecule has 0 aliphatic carbocycles. The number of carbonyl (C=O) groups excluding carboxylic acids is 1. The minimum atomic E-state index is -0.767. The monoisotopic (exact) mass is 342 g/mol. The first-order valence-electron chi connectivity index (χ1n) is 7.47. The van der Waals surface area contributed by atoms with Crippen molar-refractivity contribution in [2.75, 3.05) is 0 Å². The van der Waals surface area contributed by atoms with E-state index in [1.165, 1.54) is 5.56 Å². The zero-order valence-corrected chi connectivity index (χ0v) is 13.0. The van der Waals surface area contributed by atoms with Crippen LogP contribution in [0.5, 0.6) is 0 Å². The normalized spacial score (nSPS) is 12.5. The minimum absolute atomic E-state index is 0.122. The highest BCUT2D eigenvalue weighted by atomic mass is 16.6. The van der Waals surface area contributed by atoms with Crippen LogP contribution in [0.25, 0.3) is 0 Å². The third-order valence-electron chi connectivity index (χ3n) is 3.94. The second kappa shape index (κ2) is 6.65. The average molecular weight is 342 g/mol. The number of fused-ring (bicyclic) bond motifs is 1. The molecule has 0 atom stereocenters. The number of nitro benzene ring substituents is 2. The van der Waals surface area contributed by atoms with Crippen molar-refractivity contribution < 1.29 is 14.6 Å². The summed E-state index contributed by atoms with van der Waals surface area (Å²) in [4.78, 5) is 32.5. The Morgan fingerprint density at radius 3 is 2.28 bits per heavy atom. The number of rotatable bonds is 5. The van der Waals surface area contributed by atoms with Crippen LogP contribution in [0, 0.1) is 20.2 Å². The van der Waals surface area contributed by atoms with Crippen molar-refractivity contribution in [1.29, 1.82) is 0 Å². The summed E-state index contributed by atoms with van der Waals surface area (Å²) < 4.78 is 0. The molecule has 2 aromatic carbocycles. The molecule has 0 spiro atoms. The smallest absolute Gasteiger partial charge is 0.277 e. The van der Waals surface area contributed by atoms with Crippen LogP contribution in [-0.4, -0.2) is 15.8 Å². The van der Waals surface area contributed by atoms with E-state index in [0.29, 0.717) is 0 Å². The molecule has 0 saturated heterocycles. The third kappa shape index (κ3) is 3.61. The molecule has 1 aliphatic heterocycles. The van der Waals surface area contributed by atoms with E-state index in [4.69, 9.17) is 0 Å². The van der Waals surface area contributed by atoms with Crippen molar-refractivity contribution in [2.45, 2.75) is 19.6 Å². The summed E-state index contributed by atoms with van der Waals surface area (Å²) in [6, 6.07) is 8.72. The SMILES string of the molecule is O=C(NCc1ccc2c(c1)CNC2)c1cc([N+](=O)[O-])cc([N+](=O)[O-])c1. The molecule has 2 N–H and O–H groups in total. The first-order chi connectivity index (χ1) is 11.9. The molecule has 9 nitrogen and oxygen atoms in total. The van der Waals surface area contributed by atoms with Crippen LogP contribution >= 0.6 is 0 Å².